The Hall–Kier alpha value is -9.13. The van der Waals surface area contributed by atoms with E-state index in [4.69, 9.17) is 19.7 Å². The zero-order valence-electron chi connectivity index (χ0n) is 37.2. The molecule has 2 atom stereocenters. The third-order valence-electron chi connectivity index (χ3n) is 14.5. The first kappa shape index (κ1) is 38.0. The Morgan fingerprint density at radius 2 is 0.899 bits per heavy atom. The van der Waals surface area contributed by atoms with Crippen molar-refractivity contribution in [2.24, 2.45) is 0 Å². The molecule has 2 aliphatic rings. The number of hydrogen-bond acceptors (Lipinski definition) is 4. The molecule has 1 aliphatic heterocycles. The van der Waals surface area contributed by atoms with Crippen LogP contribution in [0.3, 0.4) is 0 Å². The van der Waals surface area contributed by atoms with E-state index in [1.165, 1.54) is 59.8 Å². The largest absolute Gasteiger partial charge is 0.485 e. The quantitative estimate of drug-likeness (QED) is 0.162. The molecule has 0 spiro atoms. The predicted molar refractivity (Wildman–Crippen MR) is 283 cm³/mol. The zero-order valence-corrected chi connectivity index (χ0v) is 37.2. The van der Waals surface area contributed by atoms with Crippen molar-refractivity contribution in [2.45, 2.75) is 12.0 Å². The summed E-state index contributed by atoms with van der Waals surface area (Å²) < 4.78 is 11.1. The van der Waals surface area contributed by atoms with E-state index >= 15 is 0 Å². The van der Waals surface area contributed by atoms with Gasteiger partial charge in [0.25, 0.3) is 0 Å². The molecule has 322 valence electrons. The lowest BCUT2D eigenvalue weighted by Gasteiger charge is -2.13. The van der Waals surface area contributed by atoms with Crippen molar-refractivity contribution in [1.29, 1.82) is 0 Å². The molecule has 4 heterocycles. The topological polar surface area (TPSA) is 57.8 Å². The van der Waals surface area contributed by atoms with Gasteiger partial charge in [0, 0.05) is 49.8 Å². The molecule has 0 saturated carbocycles. The van der Waals surface area contributed by atoms with Gasteiger partial charge in [-0.05, 0) is 98.1 Å². The second kappa shape index (κ2) is 14.7. The third-order valence-corrected chi connectivity index (χ3v) is 14.5. The van der Waals surface area contributed by atoms with E-state index in [2.05, 4.69) is 215 Å². The van der Waals surface area contributed by atoms with Crippen LogP contribution in [0, 0.1) is 0 Å². The molecule has 6 nitrogen and oxygen atoms in total. The molecule has 13 aromatic rings. The van der Waals surface area contributed by atoms with Gasteiger partial charge in [0.2, 0.25) is 5.95 Å². The highest BCUT2D eigenvalue weighted by molar-refractivity contribution is 6.29. The Morgan fingerprint density at radius 1 is 0.362 bits per heavy atom. The van der Waals surface area contributed by atoms with Gasteiger partial charge in [0.1, 0.15) is 11.9 Å². The number of allylic oxidation sites excluding steroid dienone is 2. The molecular weight excluding hydrogens is 843 g/mol. The van der Waals surface area contributed by atoms with Gasteiger partial charge in [-0.25, -0.2) is 4.98 Å². The number of ether oxygens (including phenoxy) is 1. The van der Waals surface area contributed by atoms with E-state index in [1.807, 2.05) is 18.2 Å². The molecule has 6 heteroatoms. The van der Waals surface area contributed by atoms with Gasteiger partial charge >= 0.3 is 0 Å². The molecular formula is C63H39N5O. The van der Waals surface area contributed by atoms with E-state index in [1.54, 1.807) is 0 Å². The molecule has 0 N–H and O–H groups in total. The van der Waals surface area contributed by atoms with Crippen molar-refractivity contribution in [1.82, 2.24) is 24.1 Å². The maximum atomic E-state index is 6.46. The number of benzene rings is 10. The highest BCUT2D eigenvalue weighted by Gasteiger charge is 2.32. The Bertz CT molecular complexity index is 4320. The van der Waals surface area contributed by atoms with Crippen LogP contribution >= 0.6 is 0 Å². The van der Waals surface area contributed by atoms with Crippen LogP contribution in [0.25, 0.3) is 121 Å². The highest BCUT2D eigenvalue weighted by Crippen LogP contribution is 2.45. The number of para-hydroxylation sites is 2. The molecule has 0 amide bonds. The van der Waals surface area contributed by atoms with E-state index in [9.17, 15) is 0 Å². The normalized spacial score (nSPS) is 15.2. The molecule has 10 aromatic carbocycles. The molecule has 0 radical (unpaired) electrons. The van der Waals surface area contributed by atoms with Crippen molar-refractivity contribution < 1.29 is 4.74 Å². The summed E-state index contributed by atoms with van der Waals surface area (Å²) in [5.41, 5.74) is 10.8. The Kier molecular flexibility index (Phi) is 8.09. The summed E-state index contributed by atoms with van der Waals surface area (Å²) in [4.78, 5) is 15.7. The molecule has 0 fully saturated rings. The van der Waals surface area contributed by atoms with Gasteiger partial charge in [-0.2, -0.15) is 9.97 Å². The lowest BCUT2D eigenvalue weighted by atomic mass is 9.91. The fourth-order valence-corrected chi connectivity index (χ4v) is 11.4. The fourth-order valence-electron chi connectivity index (χ4n) is 11.4. The SMILES string of the molecule is C1=CC2Oc3cc(-c4nc(-c5ccccc5)nc(-n5c6ccccc6c6c7c8ccccc8n(-c8ccc(-c9ccc%10c%11ccccc%11c%11ccccc%11c%10c9)cc8)c7ccc65)n4)ccc3C2C=C1. The summed E-state index contributed by atoms with van der Waals surface area (Å²) in [7, 11) is 0. The zero-order chi connectivity index (χ0) is 45.2. The van der Waals surface area contributed by atoms with Crippen LogP contribution in [-0.4, -0.2) is 30.2 Å². The van der Waals surface area contributed by atoms with E-state index in [0.717, 1.165) is 55.4 Å². The van der Waals surface area contributed by atoms with Gasteiger partial charge < -0.3 is 9.30 Å². The maximum absolute atomic E-state index is 6.46. The summed E-state index contributed by atoms with van der Waals surface area (Å²) in [5.74, 6) is 2.81. The predicted octanol–water partition coefficient (Wildman–Crippen LogP) is 15.5. The van der Waals surface area contributed by atoms with E-state index in [-0.39, 0.29) is 12.0 Å². The summed E-state index contributed by atoms with van der Waals surface area (Å²) in [5, 5.41) is 12.3. The van der Waals surface area contributed by atoms with Crippen molar-refractivity contribution in [3.05, 3.63) is 230 Å². The van der Waals surface area contributed by atoms with Crippen LogP contribution in [0.1, 0.15) is 11.5 Å². The van der Waals surface area contributed by atoms with Crippen LogP contribution in [0.2, 0.25) is 0 Å². The lowest BCUT2D eigenvalue weighted by Crippen LogP contribution is -2.15. The molecule has 2 unspecified atom stereocenters. The average molecular weight is 882 g/mol. The second-order valence-electron chi connectivity index (χ2n) is 18.2. The van der Waals surface area contributed by atoms with Crippen molar-refractivity contribution in [3.63, 3.8) is 0 Å². The minimum atomic E-state index is -0.00714. The van der Waals surface area contributed by atoms with Gasteiger partial charge in [-0.1, -0.05) is 170 Å². The first-order valence-corrected chi connectivity index (χ1v) is 23.6. The van der Waals surface area contributed by atoms with Crippen LogP contribution in [0.4, 0.5) is 0 Å². The fraction of sp³-hybridized carbons (Fsp3) is 0.0317. The summed E-state index contributed by atoms with van der Waals surface area (Å²) in [6.07, 6.45) is 8.49. The molecule has 3 aromatic heterocycles. The number of nitrogens with zero attached hydrogens (tertiary/aromatic N) is 5. The highest BCUT2D eigenvalue weighted by atomic mass is 16.5. The Morgan fingerprint density at radius 3 is 1.59 bits per heavy atom. The van der Waals surface area contributed by atoms with Gasteiger partial charge in [-0.3, -0.25) is 4.57 Å². The van der Waals surface area contributed by atoms with Crippen molar-refractivity contribution >= 4 is 75.9 Å². The summed E-state index contributed by atoms with van der Waals surface area (Å²) >= 11 is 0. The van der Waals surface area contributed by atoms with Gasteiger partial charge in [0.05, 0.1) is 22.1 Å². The maximum Gasteiger partial charge on any atom is 0.238 e. The lowest BCUT2D eigenvalue weighted by molar-refractivity contribution is 0.269. The Labute approximate surface area is 396 Å². The smallest absolute Gasteiger partial charge is 0.238 e. The minimum absolute atomic E-state index is 0.00714. The molecule has 1 aliphatic carbocycles. The van der Waals surface area contributed by atoms with Gasteiger partial charge in [-0.15, -0.1) is 0 Å². The van der Waals surface area contributed by atoms with Crippen molar-refractivity contribution in [3.8, 4) is 51.3 Å². The molecule has 69 heavy (non-hydrogen) atoms. The van der Waals surface area contributed by atoms with Crippen LogP contribution in [0.15, 0.2) is 224 Å². The van der Waals surface area contributed by atoms with Crippen LogP contribution in [-0.2, 0) is 0 Å². The third kappa shape index (κ3) is 5.69. The number of fused-ring (bicyclic) bond motifs is 16. The number of rotatable bonds is 5. The van der Waals surface area contributed by atoms with Crippen LogP contribution < -0.4 is 4.74 Å². The standard InChI is InChI=1S/C63H39N5O/c1-2-14-39(15-3-1)61-64-62(41-29-33-49-48-20-10-13-25-57(48)69-58(49)37-41)66-63(65-61)68-54-24-12-9-22-51(54)60-56(68)35-34-55-59(60)50-21-8-11-23-53(50)67(55)42-30-26-38(27-31-42)40-28-32-47-45-18-5-4-16-43(45)44-17-6-7-19-46(44)52(47)36-40/h1-37,48,57H. The van der Waals surface area contributed by atoms with Crippen molar-refractivity contribution in [2.75, 3.05) is 0 Å². The second-order valence-corrected chi connectivity index (χ2v) is 18.2. The number of hydrogen-bond donors (Lipinski definition) is 0. The summed E-state index contributed by atoms with van der Waals surface area (Å²) in [6, 6.07) is 72.0. The minimum Gasteiger partial charge on any atom is -0.485 e. The monoisotopic (exact) mass is 881 g/mol. The van der Waals surface area contributed by atoms with Gasteiger partial charge in [0.15, 0.2) is 11.6 Å². The molecule has 0 bridgehead atoms. The molecule has 15 rings (SSSR count). The summed E-state index contributed by atoms with van der Waals surface area (Å²) in [6.45, 7) is 0. The molecule has 0 saturated heterocycles. The van der Waals surface area contributed by atoms with E-state index < -0.39 is 0 Å². The number of aromatic nitrogens is 5. The Balaban J connectivity index is 0.896. The van der Waals surface area contributed by atoms with Crippen LogP contribution in [0.5, 0.6) is 5.75 Å². The first-order chi connectivity index (χ1) is 34.2. The van der Waals surface area contributed by atoms with E-state index in [0.29, 0.717) is 17.6 Å². The first-order valence-electron chi connectivity index (χ1n) is 23.6. The average Bonchev–Trinajstić information content (AvgIpc) is 4.08.